The summed E-state index contributed by atoms with van der Waals surface area (Å²) in [6.45, 7) is 4.32. The summed E-state index contributed by atoms with van der Waals surface area (Å²) in [6.07, 6.45) is 2.14. The van der Waals surface area contributed by atoms with E-state index in [-0.39, 0.29) is 36.7 Å². The van der Waals surface area contributed by atoms with Crippen LogP contribution in [-0.4, -0.2) is 42.3 Å². The van der Waals surface area contributed by atoms with Crippen molar-refractivity contribution in [3.05, 3.63) is 71.3 Å². The minimum atomic E-state index is -1.06. The topological polar surface area (TPSA) is 105 Å². The van der Waals surface area contributed by atoms with Gasteiger partial charge in [-0.05, 0) is 54.9 Å². The highest BCUT2D eigenvalue weighted by molar-refractivity contribution is 5.87. The second kappa shape index (κ2) is 10.1. The fraction of sp³-hybridized carbons (Fsp3) is 0.370. The normalized spacial score (nSPS) is 18.8. The van der Waals surface area contributed by atoms with Crippen molar-refractivity contribution in [2.75, 3.05) is 13.2 Å². The smallest absolute Gasteiger partial charge is 0.407 e. The summed E-state index contributed by atoms with van der Waals surface area (Å²) in [5.41, 5.74) is 5.64. The fourth-order valence-electron chi connectivity index (χ4n) is 4.51. The lowest BCUT2D eigenvalue weighted by Crippen LogP contribution is -2.41. The first kappa shape index (κ1) is 23.5. The van der Waals surface area contributed by atoms with Crippen LogP contribution in [0.4, 0.5) is 4.79 Å². The molecule has 178 valence electrons. The molecule has 3 atom stereocenters. The van der Waals surface area contributed by atoms with E-state index in [1.54, 1.807) is 6.08 Å². The average molecular weight is 463 g/mol. The van der Waals surface area contributed by atoms with Gasteiger partial charge in [0, 0.05) is 18.4 Å². The van der Waals surface area contributed by atoms with Crippen LogP contribution in [0, 0.1) is 11.8 Å². The molecule has 0 aromatic heterocycles. The zero-order chi connectivity index (χ0) is 24.2. The number of ether oxygens (including phenoxy) is 1. The molecule has 1 unspecified atom stereocenters. The summed E-state index contributed by atoms with van der Waals surface area (Å²) in [7, 11) is 0. The Morgan fingerprint density at radius 1 is 1.06 bits per heavy atom. The van der Waals surface area contributed by atoms with Crippen molar-refractivity contribution in [3.8, 4) is 11.1 Å². The molecule has 3 N–H and O–H groups in total. The van der Waals surface area contributed by atoms with Crippen molar-refractivity contribution in [2.24, 2.45) is 11.8 Å². The Morgan fingerprint density at radius 2 is 1.68 bits per heavy atom. The number of amides is 2. The Labute approximate surface area is 199 Å². The quantitative estimate of drug-likeness (QED) is 0.487. The first-order valence-electron chi connectivity index (χ1n) is 11.6. The van der Waals surface area contributed by atoms with Crippen LogP contribution in [0.5, 0.6) is 0 Å². The van der Waals surface area contributed by atoms with Gasteiger partial charge < -0.3 is 20.5 Å². The van der Waals surface area contributed by atoms with Crippen molar-refractivity contribution in [3.63, 3.8) is 0 Å². The zero-order valence-electron chi connectivity index (χ0n) is 19.4. The maximum atomic E-state index is 12.4. The summed E-state index contributed by atoms with van der Waals surface area (Å²) in [4.78, 5) is 36.1. The number of nitrogens with one attached hydrogen (secondary N) is 2. The van der Waals surface area contributed by atoms with Crippen LogP contribution in [0.3, 0.4) is 0 Å². The molecule has 1 saturated carbocycles. The molecule has 4 rings (SSSR count). The number of carbonyl (C=O) groups is 3. The van der Waals surface area contributed by atoms with Gasteiger partial charge in [0.25, 0.3) is 0 Å². The highest BCUT2D eigenvalue weighted by Crippen LogP contribution is 2.44. The number of benzene rings is 2. The van der Waals surface area contributed by atoms with E-state index in [0.29, 0.717) is 13.0 Å². The molecule has 2 amide bonds. The van der Waals surface area contributed by atoms with E-state index < -0.39 is 18.1 Å². The van der Waals surface area contributed by atoms with E-state index in [9.17, 15) is 19.5 Å². The molecule has 0 radical (unpaired) electrons. The molecule has 34 heavy (non-hydrogen) atoms. The standard InChI is InChI=1S/C27H30N2O5/c1-16(2)11-12-24(26(31)32)29-25(30)22-13-17(22)14-28-27(33)34-15-23-20-9-5-3-7-18(20)19-8-4-6-10-21(19)23/h3-11,17,22-24H,12-15H2,1-2H3,(H,28,33)(H,29,30)(H,31,32)/t17-,22-,24?/m1/s1. The SMILES string of the molecule is CC(C)=CCC(NC(=O)[C@@H]1C[C@@H]1CNC(=O)OCC1c2ccccc2-c2ccccc21)C(=O)O. The van der Waals surface area contributed by atoms with Crippen molar-refractivity contribution in [1.82, 2.24) is 10.6 Å². The average Bonchev–Trinajstić information content (AvgIpc) is 3.54. The molecule has 1 fully saturated rings. The van der Waals surface area contributed by atoms with Gasteiger partial charge in [-0.15, -0.1) is 0 Å². The third-order valence-corrected chi connectivity index (χ3v) is 6.49. The molecule has 7 heteroatoms. The van der Waals surface area contributed by atoms with Crippen LogP contribution >= 0.6 is 0 Å². The van der Waals surface area contributed by atoms with Gasteiger partial charge in [0.05, 0.1) is 0 Å². The Balaban J connectivity index is 1.24. The third kappa shape index (κ3) is 5.30. The van der Waals surface area contributed by atoms with E-state index >= 15 is 0 Å². The number of hydrogen-bond donors (Lipinski definition) is 3. The molecule has 0 heterocycles. The molecule has 2 aromatic rings. The zero-order valence-corrected chi connectivity index (χ0v) is 19.4. The first-order chi connectivity index (χ1) is 16.3. The lowest BCUT2D eigenvalue weighted by Gasteiger charge is -2.15. The summed E-state index contributed by atoms with van der Waals surface area (Å²) in [6, 6.07) is 15.4. The number of aliphatic carboxylic acids is 1. The molecule has 0 aliphatic heterocycles. The monoisotopic (exact) mass is 462 g/mol. The number of carboxylic acid groups (broad SMARTS) is 1. The lowest BCUT2D eigenvalue weighted by atomic mass is 9.98. The molecular formula is C27H30N2O5. The van der Waals surface area contributed by atoms with Crippen LogP contribution in [0.1, 0.15) is 43.7 Å². The van der Waals surface area contributed by atoms with Gasteiger partial charge >= 0.3 is 12.1 Å². The number of allylic oxidation sites excluding steroid dienone is 1. The largest absolute Gasteiger partial charge is 0.480 e. The van der Waals surface area contributed by atoms with E-state index in [4.69, 9.17) is 4.74 Å². The van der Waals surface area contributed by atoms with Gasteiger partial charge in [-0.25, -0.2) is 9.59 Å². The van der Waals surface area contributed by atoms with Gasteiger partial charge in [-0.3, -0.25) is 4.79 Å². The molecule has 2 aliphatic rings. The van der Waals surface area contributed by atoms with Gasteiger partial charge in [-0.1, -0.05) is 60.2 Å². The maximum absolute atomic E-state index is 12.4. The highest BCUT2D eigenvalue weighted by atomic mass is 16.5. The Kier molecular flexibility index (Phi) is 7.01. The van der Waals surface area contributed by atoms with Gasteiger partial charge in [0.1, 0.15) is 12.6 Å². The number of rotatable bonds is 9. The second-order valence-corrected chi connectivity index (χ2v) is 9.23. The Bertz CT molecular complexity index is 1080. The molecule has 0 bridgehead atoms. The summed E-state index contributed by atoms with van der Waals surface area (Å²) in [5, 5.41) is 14.7. The minimum Gasteiger partial charge on any atom is -0.480 e. The van der Waals surface area contributed by atoms with Crippen molar-refractivity contribution in [2.45, 2.75) is 38.6 Å². The molecule has 2 aromatic carbocycles. The van der Waals surface area contributed by atoms with E-state index in [0.717, 1.165) is 16.7 Å². The number of hydrogen-bond acceptors (Lipinski definition) is 4. The van der Waals surface area contributed by atoms with Crippen molar-refractivity contribution >= 4 is 18.0 Å². The van der Waals surface area contributed by atoms with Crippen LogP contribution < -0.4 is 10.6 Å². The maximum Gasteiger partial charge on any atom is 0.407 e. The summed E-state index contributed by atoms with van der Waals surface area (Å²) < 4.78 is 5.53. The minimum absolute atomic E-state index is 0.00800. The number of alkyl carbamates (subject to hydrolysis) is 1. The Morgan fingerprint density at radius 3 is 2.26 bits per heavy atom. The van der Waals surface area contributed by atoms with Gasteiger partial charge in [0.15, 0.2) is 0 Å². The van der Waals surface area contributed by atoms with E-state index in [1.165, 1.54) is 11.1 Å². The predicted molar refractivity (Wildman–Crippen MR) is 128 cm³/mol. The van der Waals surface area contributed by atoms with Gasteiger partial charge in [-0.2, -0.15) is 0 Å². The highest BCUT2D eigenvalue weighted by Gasteiger charge is 2.44. The molecular weight excluding hydrogens is 432 g/mol. The molecule has 0 spiro atoms. The molecule has 0 saturated heterocycles. The summed E-state index contributed by atoms with van der Waals surface area (Å²) in [5.74, 6) is -1.65. The van der Waals surface area contributed by atoms with Crippen molar-refractivity contribution in [1.29, 1.82) is 0 Å². The van der Waals surface area contributed by atoms with E-state index in [2.05, 4.69) is 34.9 Å². The predicted octanol–water partition coefficient (Wildman–Crippen LogP) is 4.09. The molecule has 2 aliphatic carbocycles. The Hall–Kier alpha value is -3.61. The second-order valence-electron chi connectivity index (χ2n) is 9.23. The first-order valence-corrected chi connectivity index (χ1v) is 11.6. The van der Waals surface area contributed by atoms with E-state index in [1.807, 2.05) is 38.1 Å². The lowest BCUT2D eigenvalue weighted by molar-refractivity contribution is -0.141. The van der Waals surface area contributed by atoms with Crippen LogP contribution in [-0.2, 0) is 14.3 Å². The van der Waals surface area contributed by atoms with Crippen LogP contribution in [0.15, 0.2) is 60.2 Å². The third-order valence-electron chi connectivity index (χ3n) is 6.49. The number of fused-ring (bicyclic) bond motifs is 3. The van der Waals surface area contributed by atoms with Gasteiger partial charge in [0.2, 0.25) is 5.91 Å². The number of carboxylic acids is 1. The van der Waals surface area contributed by atoms with Crippen molar-refractivity contribution < 1.29 is 24.2 Å². The van der Waals surface area contributed by atoms with Crippen LogP contribution in [0.25, 0.3) is 11.1 Å². The molecule has 7 nitrogen and oxygen atoms in total. The number of carbonyl (C=O) groups excluding carboxylic acids is 2. The van der Waals surface area contributed by atoms with Crippen LogP contribution in [0.2, 0.25) is 0 Å². The fourth-order valence-corrected chi connectivity index (χ4v) is 4.51. The summed E-state index contributed by atoms with van der Waals surface area (Å²) >= 11 is 0.